The van der Waals surface area contributed by atoms with Gasteiger partial charge >= 0.3 is 0 Å². The van der Waals surface area contributed by atoms with Gasteiger partial charge in [0.25, 0.3) is 0 Å². The molecule has 0 amide bonds. The second kappa shape index (κ2) is 11.0. The van der Waals surface area contributed by atoms with Gasteiger partial charge in [0.1, 0.15) is 0 Å². The minimum Gasteiger partial charge on any atom is -0.368 e. The van der Waals surface area contributed by atoms with Crippen LogP contribution in [-0.2, 0) is 0 Å². The third kappa shape index (κ3) is 6.49. The van der Waals surface area contributed by atoms with Crippen LogP contribution in [0.15, 0.2) is 23.2 Å². The SMILES string of the molecule is CN=C(NCCCN1CCCN(C)CC1)N1CCN(c2cc(Cl)ccc2C)CC1. The number of likely N-dealkylation sites (N-methyl/N-ethyl adjacent to an activating group) is 1. The predicted molar refractivity (Wildman–Crippen MR) is 125 cm³/mol. The molecule has 0 saturated carbocycles. The van der Waals surface area contributed by atoms with Crippen LogP contribution in [0.1, 0.15) is 18.4 Å². The zero-order valence-electron chi connectivity index (χ0n) is 18.3. The van der Waals surface area contributed by atoms with E-state index in [9.17, 15) is 0 Å². The number of halogens is 1. The summed E-state index contributed by atoms with van der Waals surface area (Å²) in [6.07, 6.45) is 2.44. The maximum atomic E-state index is 6.21. The Balaban J connectivity index is 1.40. The van der Waals surface area contributed by atoms with Gasteiger partial charge in [-0.15, -0.1) is 0 Å². The lowest BCUT2D eigenvalue weighted by Crippen LogP contribution is -2.53. The number of nitrogens with one attached hydrogen (secondary N) is 1. The summed E-state index contributed by atoms with van der Waals surface area (Å²) < 4.78 is 0. The van der Waals surface area contributed by atoms with Crippen molar-refractivity contribution in [3.8, 4) is 0 Å². The fourth-order valence-corrected chi connectivity index (χ4v) is 4.41. The Labute approximate surface area is 181 Å². The van der Waals surface area contributed by atoms with Gasteiger partial charge in [0.05, 0.1) is 0 Å². The molecule has 0 spiro atoms. The van der Waals surface area contributed by atoms with Crippen molar-refractivity contribution in [2.24, 2.45) is 4.99 Å². The first-order valence-electron chi connectivity index (χ1n) is 10.9. The van der Waals surface area contributed by atoms with Crippen LogP contribution in [0.3, 0.4) is 0 Å². The standard InChI is InChI=1S/C22H37ClN6/c1-19-6-7-20(23)18-21(19)28-14-16-29(17-15-28)22(24-2)25-8-4-10-27-11-5-9-26(3)12-13-27/h6-7,18H,4-5,8-17H2,1-3H3,(H,24,25). The second-order valence-corrected chi connectivity index (χ2v) is 8.67. The van der Waals surface area contributed by atoms with Crippen LogP contribution in [-0.4, -0.2) is 100 Å². The molecule has 0 radical (unpaired) electrons. The molecule has 162 valence electrons. The molecule has 2 aliphatic rings. The molecule has 2 aliphatic heterocycles. The first kappa shape index (κ1) is 22.2. The fourth-order valence-electron chi connectivity index (χ4n) is 4.24. The van der Waals surface area contributed by atoms with Gasteiger partial charge in [0.15, 0.2) is 5.96 Å². The van der Waals surface area contributed by atoms with E-state index in [-0.39, 0.29) is 0 Å². The molecular weight excluding hydrogens is 384 g/mol. The van der Waals surface area contributed by atoms with E-state index in [1.165, 1.54) is 50.4 Å². The van der Waals surface area contributed by atoms with Crippen molar-refractivity contribution in [3.05, 3.63) is 28.8 Å². The molecule has 3 rings (SSSR count). The molecule has 0 aliphatic carbocycles. The first-order chi connectivity index (χ1) is 14.1. The molecule has 6 nitrogen and oxygen atoms in total. The number of piperazine rings is 1. The van der Waals surface area contributed by atoms with E-state index in [1.807, 2.05) is 13.1 Å². The van der Waals surface area contributed by atoms with Gasteiger partial charge in [0.2, 0.25) is 0 Å². The molecule has 2 saturated heterocycles. The molecular formula is C22H37ClN6. The van der Waals surface area contributed by atoms with Crippen molar-refractivity contribution < 1.29 is 0 Å². The van der Waals surface area contributed by atoms with Crippen LogP contribution in [0.25, 0.3) is 0 Å². The van der Waals surface area contributed by atoms with Gasteiger partial charge in [-0.25, -0.2) is 0 Å². The zero-order valence-corrected chi connectivity index (χ0v) is 19.1. The molecule has 2 heterocycles. The number of anilines is 1. The molecule has 0 aromatic heterocycles. The Hall–Kier alpha value is -1.50. The molecule has 0 bridgehead atoms. The predicted octanol–water partition coefficient (Wildman–Crippen LogP) is 2.37. The normalized spacial score (nSPS) is 20.1. The van der Waals surface area contributed by atoms with Gasteiger partial charge in [-0.2, -0.15) is 0 Å². The molecule has 1 aromatic carbocycles. The highest BCUT2D eigenvalue weighted by Gasteiger charge is 2.21. The Morgan fingerprint density at radius 3 is 2.62 bits per heavy atom. The molecule has 0 atom stereocenters. The van der Waals surface area contributed by atoms with Gasteiger partial charge < -0.3 is 24.9 Å². The van der Waals surface area contributed by atoms with E-state index in [4.69, 9.17) is 11.6 Å². The van der Waals surface area contributed by atoms with E-state index in [2.05, 4.69) is 56.0 Å². The van der Waals surface area contributed by atoms with Crippen molar-refractivity contribution in [1.82, 2.24) is 20.0 Å². The number of guanidine groups is 1. The van der Waals surface area contributed by atoms with Crippen molar-refractivity contribution in [3.63, 3.8) is 0 Å². The van der Waals surface area contributed by atoms with Crippen molar-refractivity contribution in [2.45, 2.75) is 19.8 Å². The largest absolute Gasteiger partial charge is 0.368 e. The third-order valence-electron chi connectivity index (χ3n) is 6.05. The van der Waals surface area contributed by atoms with E-state index in [0.29, 0.717) is 0 Å². The monoisotopic (exact) mass is 420 g/mol. The lowest BCUT2D eigenvalue weighted by Gasteiger charge is -2.38. The highest BCUT2D eigenvalue weighted by Crippen LogP contribution is 2.25. The lowest BCUT2D eigenvalue weighted by atomic mass is 10.1. The molecule has 2 fully saturated rings. The van der Waals surface area contributed by atoms with E-state index < -0.39 is 0 Å². The van der Waals surface area contributed by atoms with Gasteiger partial charge in [-0.05, 0) is 64.1 Å². The molecule has 29 heavy (non-hydrogen) atoms. The maximum absolute atomic E-state index is 6.21. The van der Waals surface area contributed by atoms with Crippen molar-refractivity contribution in [1.29, 1.82) is 0 Å². The van der Waals surface area contributed by atoms with Crippen molar-refractivity contribution >= 4 is 23.2 Å². The number of aliphatic imine (C=N–C) groups is 1. The second-order valence-electron chi connectivity index (χ2n) is 8.23. The van der Waals surface area contributed by atoms with Crippen LogP contribution in [0.4, 0.5) is 5.69 Å². The Morgan fingerprint density at radius 2 is 1.86 bits per heavy atom. The third-order valence-corrected chi connectivity index (χ3v) is 6.28. The fraction of sp³-hybridized carbons (Fsp3) is 0.682. The topological polar surface area (TPSA) is 37.4 Å². The minimum absolute atomic E-state index is 0.807. The highest BCUT2D eigenvalue weighted by molar-refractivity contribution is 6.30. The Morgan fingerprint density at radius 1 is 1.07 bits per heavy atom. The summed E-state index contributed by atoms with van der Waals surface area (Å²) in [4.78, 5) is 14.4. The van der Waals surface area contributed by atoms with Gasteiger partial charge in [-0.3, -0.25) is 4.99 Å². The summed E-state index contributed by atoms with van der Waals surface area (Å²) in [5, 5.41) is 4.38. The number of rotatable bonds is 5. The molecule has 0 unspecified atom stereocenters. The molecule has 7 heteroatoms. The van der Waals surface area contributed by atoms with Crippen LogP contribution in [0.5, 0.6) is 0 Å². The summed E-state index contributed by atoms with van der Waals surface area (Å²) in [7, 11) is 4.11. The van der Waals surface area contributed by atoms with Gasteiger partial charge in [-0.1, -0.05) is 17.7 Å². The van der Waals surface area contributed by atoms with E-state index >= 15 is 0 Å². The zero-order chi connectivity index (χ0) is 20.6. The minimum atomic E-state index is 0.807. The molecule has 1 N–H and O–H groups in total. The highest BCUT2D eigenvalue weighted by atomic mass is 35.5. The summed E-state index contributed by atoms with van der Waals surface area (Å²) in [5.41, 5.74) is 2.54. The summed E-state index contributed by atoms with van der Waals surface area (Å²) in [6.45, 7) is 13.1. The van der Waals surface area contributed by atoms with Crippen molar-refractivity contribution in [2.75, 3.05) is 84.4 Å². The van der Waals surface area contributed by atoms with Crippen LogP contribution in [0, 0.1) is 6.92 Å². The average Bonchev–Trinajstić information content (AvgIpc) is 2.94. The lowest BCUT2D eigenvalue weighted by molar-refractivity contribution is 0.273. The Bertz CT molecular complexity index is 671. The quantitative estimate of drug-likeness (QED) is 0.449. The number of aryl methyl sites for hydroxylation is 1. The van der Waals surface area contributed by atoms with Gasteiger partial charge in [0, 0.05) is 63.6 Å². The Kier molecular flexibility index (Phi) is 8.45. The molecule has 1 aromatic rings. The average molecular weight is 421 g/mol. The van der Waals surface area contributed by atoms with E-state index in [1.54, 1.807) is 0 Å². The number of benzene rings is 1. The van der Waals surface area contributed by atoms with Crippen LogP contribution in [0.2, 0.25) is 5.02 Å². The first-order valence-corrected chi connectivity index (χ1v) is 11.3. The van der Waals surface area contributed by atoms with Crippen LogP contribution < -0.4 is 10.2 Å². The number of nitrogens with zero attached hydrogens (tertiary/aromatic N) is 5. The number of hydrogen-bond donors (Lipinski definition) is 1. The summed E-state index contributed by atoms with van der Waals surface area (Å²) in [6, 6.07) is 6.15. The summed E-state index contributed by atoms with van der Waals surface area (Å²) in [5.74, 6) is 1.03. The van der Waals surface area contributed by atoms with Crippen LogP contribution >= 0.6 is 11.6 Å². The summed E-state index contributed by atoms with van der Waals surface area (Å²) >= 11 is 6.21. The maximum Gasteiger partial charge on any atom is 0.193 e. The smallest absolute Gasteiger partial charge is 0.193 e. The van der Waals surface area contributed by atoms with E-state index in [0.717, 1.165) is 50.1 Å². The number of hydrogen-bond acceptors (Lipinski definition) is 4.